The van der Waals surface area contributed by atoms with Gasteiger partial charge < -0.3 is 9.32 Å². The van der Waals surface area contributed by atoms with Crippen LogP contribution < -0.4 is 5.43 Å². The minimum Gasteiger partial charge on any atom is -0.467 e. The predicted octanol–water partition coefficient (Wildman–Crippen LogP) is 1.29. The summed E-state index contributed by atoms with van der Waals surface area (Å²) >= 11 is 3.44. The number of rotatable bonds is 3. The first-order valence-electron chi connectivity index (χ1n) is 5.14. The standard InChI is InChI=1S/C10H16BrN3O/c1-13-3-5-14(6-4-13)12-8-10-9(11)2-7-15-10/h2,7,12H,3-6,8H2,1H3. The number of halogens is 1. The number of hydrogen-bond donors (Lipinski definition) is 1. The third kappa shape index (κ3) is 3.04. The van der Waals surface area contributed by atoms with E-state index in [1.807, 2.05) is 6.07 Å². The van der Waals surface area contributed by atoms with E-state index in [9.17, 15) is 0 Å². The Bertz CT molecular complexity index is 307. The Morgan fingerprint density at radius 3 is 2.73 bits per heavy atom. The van der Waals surface area contributed by atoms with Gasteiger partial charge in [-0.15, -0.1) is 0 Å². The van der Waals surface area contributed by atoms with Crippen LogP contribution in [0.25, 0.3) is 0 Å². The molecule has 0 spiro atoms. The molecule has 0 aliphatic carbocycles. The van der Waals surface area contributed by atoms with Crippen molar-refractivity contribution in [2.75, 3.05) is 33.2 Å². The summed E-state index contributed by atoms with van der Waals surface area (Å²) in [6.45, 7) is 5.11. The number of nitrogens with zero attached hydrogens (tertiary/aromatic N) is 2. The van der Waals surface area contributed by atoms with Gasteiger partial charge in [-0.3, -0.25) is 0 Å². The van der Waals surface area contributed by atoms with Crippen LogP contribution in [0.4, 0.5) is 0 Å². The fraction of sp³-hybridized carbons (Fsp3) is 0.600. The first-order valence-corrected chi connectivity index (χ1v) is 5.94. The van der Waals surface area contributed by atoms with Gasteiger partial charge in [0, 0.05) is 26.2 Å². The molecule has 2 heterocycles. The molecule has 0 atom stereocenters. The average Bonchev–Trinajstić information content (AvgIpc) is 2.63. The predicted molar refractivity (Wildman–Crippen MR) is 62.3 cm³/mol. The first-order chi connectivity index (χ1) is 7.25. The molecule has 1 saturated heterocycles. The van der Waals surface area contributed by atoms with Crippen molar-refractivity contribution < 1.29 is 4.42 Å². The zero-order valence-electron chi connectivity index (χ0n) is 8.87. The van der Waals surface area contributed by atoms with Gasteiger partial charge in [0.1, 0.15) is 5.76 Å². The van der Waals surface area contributed by atoms with E-state index in [0.717, 1.165) is 43.0 Å². The van der Waals surface area contributed by atoms with E-state index in [0.29, 0.717) is 0 Å². The van der Waals surface area contributed by atoms with Gasteiger partial charge in [-0.2, -0.15) is 0 Å². The van der Waals surface area contributed by atoms with Crippen molar-refractivity contribution in [1.29, 1.82) is 0 Å². The van der Waals surface area contributed by atoms with Crippen molar-refractivity contribution in [2.24, 2.45) is 0 Å². The number of likely N-dealkylation sites (N-methyl/N-ethyl adjacent to an activating group) is 1. The molecule has 4 nitrogen and oxygen atoms in total. The number of piperazine rings is 1. The van der Waals surface area contributed by atoms with E-state index in [-0.39, 0.29) is 0 Å². The Balaban J connectivity index is 1.77. The van der Waals surface area contributed by atoms with Gasteiger partial charge in [0.2, 0.25) is 0 Å². The third-order valence-electron chi connectivity index (χ3n) is 2.66. The van der Waals surface area contributed by atoms with Crippen LogP contribution >= 0.6 is 15.9 Å². The molecule has 0 unspecified atom stereocenters. The van der Waals surface area contributed by atoms with Crippen molar-refractivity contribution in [3.05, 3.63) is 22.6 Å². The molecule has 1 aromatic heterocycles. The minimum atomic E-state index is 0.747. The highest BCUT2D eigenvalue weighted by molar-refractivity contribution is 9.10. The lowest BCUT2D eigenvalue weighted by Gasteiger charge is -2.32. The van der Waals surface area contributed by atoms with E-state index < -0.39 is 0 Å². The second-order valence-electron chi connectivity index (χ2n) is 3.82. The van der Waals surface area contributed by atoms with Crippen LogP contribution in [0.1, 0.15) is 5.76 Å². The molecule has 0 amide bonds. The fourth-order valence-electron chi connectivity index (χ4n) is 1.60. The van der Waals surface area contributed by atoms with E-state index in [2.05, 4.69) is 38.3 Å². The summed E-state index contributed by atoms with van der Waals surface area (Å²) in [7, 11) is 2.15. The molecular formula is C10H16BrN3O. The lowest BCUT2D eigenvalue weighted by atomic mass is 10.4. The highest BCUT2D eigenvalue weighted by Crippen LogP contribution is 2.17. The summed E-state index contributed by atoms with van der Waals surface area (Å²) in [6, 6.07) is 1.92. The maximum absolute atomic E-state index is 5.33. The Morgan fingerprint density at radius 1 is 1.40 bits per heavy atom. The van der Waals surface area contributed by atoms with Crippen LogP contribution in [0.2, 0.25) is 0 Å². The summed E-state index contributed by atoms with van der Waals surface area (Å²) in [6.07, 6.45) is 1.70. The SMILES string of the molecule is CN1CCN(NCc2occc2Br)CC1. The summed E-state index contributed by atoms with van der Waals surface area (Å²) in [5.74, 6) is 0.953. The zero-order chi connectivity index (χ0) is 10.7. The molecular weight excluding hydrogens is 258 g/mol. The molecule has 5 heteroatoms. The fourth-order valence-corrected chi connectivity index (χ4v) is 1.94. The molecule has 1 N–H and O–H groups in total. The molecule has 84 valence electrons. The van der Waals surface area contributed by atoms with Crippen molar-refractivity contribution in [2.45, 2.75) is 6.54 Å². The Kier molecular flexibility index (Phi) is 3.80. The third-order valence-corrected chi connectivity index (χ3v) is 3.36. The molecule has 1 aliphatic rings. The zero-order valence-corrected chi connectivity index (χ0v) is 10.5. The summed E-state index contributed by atoms with van der Waals surface area (Å²) in [5.41, 5.74) is 3.37. The summed E-state index contributed by atoms with van der Waals surface area (Å²) in [5, 5.41) is 2.24. The van der Waals surface area contributed by atoms with E-state index in [1.165, 1.54) is 0 Å². The van der Waals surface area contributed by atoms with E-state index in [1.54, 1.807) is 6.26 Å². The minimum absolute atomic E-state index is 0.747. The highest BCUT2D eigenvalue weighted by atomic mass is 79.9. The van der Waals surface area contributed by atoms with Crippen molar-refractivity contribution >= 4 is 15.9 Å². The number of nitrogens with one attached hydrogen (secondary N) is 1. The van der Waals surface area contributed by atoms with Crippen LogP contribution in [0, 0.1) is 0 Å². The van der Waals surface area contributed by atoms with Gasteiger partial charge in [-0.05, 0) is 29.0 Å². The second kappa shape index (κ2) is 5.12. The first kappa shape index (κ1) is 11.1. The Hall–Kier alpha value is -0.360. The molecule has 0 saturated carbocycles. The van der Waals surface area contributed by atoms with Crippen LogP contribution in [0.5, 0.6) is 0 Å². The Morgan fingerprint density at radius 2 is 2.13 bits per heavy atom. The van der Waals surface area contributed by atoms with Gasteiger partial charge in [0.25, 0.3) is 0 Å². The van der Waals surface area contributed by atoms with E-state index >= 15 is 0 Å². The quantitative estimate of drug-likeness (QED) is 0.900. The van der Waals surface area contributed by atoms with Crippen molar-refractivity contribution in [3.63, 3.8) is 0 Å². The van der Waals surface area contributed by atoms with Crippen molar-refractivity contribution in [3.8, 4) is 0 Å². The maximum Gasteiger partial charge on any atom is 0.133 e. The van der Waals surface area contributed by atoms with Crippen LogP contribution in [-0.2, 0) is 6.54 Å². The van der Waals surface area contributed by atoms with Gasteiger partial charge >= 0.3 is 0 Å². The number of hydrazine groups is 1. The summed E-state index contributed by atoms with van der Waals surface area (Å²) < 4.78 is 6.36. The molecule has 2 rings (SSSR count). The second-order valence-corrected chi connectivity index (χ2v) is 4.67. The lowest BCUT2D eigenvalue weighted by Crippen LogP contribution is -2.50. The normalized spacial score (nSPS) is 19.6. The topological polar surface area (TPSA) is 31.6 Å². The Labute approximate surface area is 98.3 Å². The van der Waals surface area contributed by atoms with Crippen LogP contribution in [0.3, 0.4) is 0 Å². The maximum atomic E-state index is 5.33. The molecule has 0 bridgehead atoms. The molecule has 1 fully saturated rings. The van der Waals surface area contributed by atoms with Crippen LogP contribution in [-0.4, -0.2) is 43.1 Å². The molecule has 1 aliphatic heterocycles. The van der Waals surface area contributed by atoms with Crippen molar-refractivity contribution in [1.82, 2.24) is 15.3 Å². The van der Waals surface area contributed by atoms with Gasteiger partial charge in [0.15, 0.2) is 0 Å². The average molecular weight is 274 g/mol. The van der Waals surface area contributed by atoms with Gasteiger partial charge in [-0.1, -0.05) is 0 Å². The van der Waals surface area contributed by atoms with Crippen LogP contribution in [0.15, 0.2) is 21.2 Å². The number of furan rings is 1. The monoisotopic (exact) mass is 273 g/mol. The molecule has 0 radical (unpaired) electrons. The largest absolute Gasteiger partial charge is 0.467 e. The lowest BCUT2D eigenvalue weighted by molar-refractivity contribution is 0.0990. The van der Waals surface area contributed by atoms with Gasteiger partial charge in [-0.25, -0.2) is 10.4 Å². The number of hydrogen-bond acceptors (Lipinski definition) is 4. The summed E-state index contributed by atoms with van der Waals surface area (Å²) in [4.78, 5) is 2.33. The molecule has 15 heavy (non-hydrogen) atoms. The smallest absolute Gasteiger partial charge is 0.133 e. The molecule has 1 aromatic rings. The van der Waals surface area contributed by atoms with Gasteiger partial charge in [0.05, 0.1) is 17.3 Å². The highest BCUT2D eigenvalue weighted by Gasteiger charge is 2.13. The molecule has 0 aromatic carbocycles. The van der Waals surface area contributed by atoms with E-state index in [4.69, 9.17) is 4.42 Å².